The molecule has 0 aliphatic heterocycles. The zero-order chi connectivity index (χ0) is 15.0. The summed E-state index contributed by atoms with van der Waals surface area (Å²) in [6.07, 6.45) is 0. The quantitative estimate of drug-likeness (QED) is 0.816. The third-order valence-electron chi connectivity index (χ3n) is 3.69. The van der Waals surface area contributed by atoms with Gasteiger partial charge in [-0.1, -0.05) is 13.8 Å². The fourth-order valence-corrected chi connectivity index (χ4v) is 2.59. The normalized spacial score (nSPS) is 13.2. The van der Waals surface area contributed by atoms with Crippen LogP contribution in [0.4, 0.5) is 0 Å². The van der Waals surface area contributed by atoms with Crippen LogP contribution in [0.3, 0.4) is 0 Å². The minimum atomic E-state index is -1.03. The molecule has 0 radical (unpaired) electrons. The summed E-state index contributed by atoms with van der Waals surface area (Å²) in [5.41, 5.74) is -1.07. The maximum atomic E-state index is 10.3. The molecular formula is C14H25BO3S. The van der Waals surface area contributed by atoms with E-state index >= 15 is 0 Å². The second kappa shape index (κ2) is 5.56. The zero-order valence-electron chi connectivity index (χ0n) is 12.9. The fourth-order valence-electron chi connectivity index (χ4n) is 1.54. The van der Waals surface area contributed by atoms with Crippen LogP contribution in [0.2, 0.25) is 0 Å². The van der Waals surface area contributed by atoms with Gasteiger partial charge in [0.1, 0.15) is 0 Å². The Bertz CT molecular complexity index is 432. The molecule has 0 bridgehead atoms. The monoisotopic (exact) mass is 284 g/mol. The lowest BCUT2D eigenvalue weighted by molar-refractivity contribution is -0.0982. The maximum absolute atomic E-state index is 10.3. The highest BCUT2D eigenvalue weighted by Crippen LogP contribution is 2.27. The Balaban J connectivity index is 2.93. The number of aliphatic hydroxyl groups is 1. The van der Waals surface area contributed by atoms with Gasteiger partial charge in [0.25, 0.3) is 0 Å². The van der Waals surface area contributed by atoms with Crippen molar-refractivity contribution >= 4 is 23.9 Å². The molecule has 19 heavy (non-hydrogen) atoms. The first-order chi connectivity index (χ1) is 8.45. The molecule has 1 rings (SSSR count). The third kappa shape index (κ3) is 3.82. The number of thiophene rings is 1. The largest absolute Gasteiger partial charge is 0.492 e. The Kier molecular flexibility index (Phi) is 4.89. The average molecular weight is 284 g/mol. The Morgan fingerprint density at radius 2 is 1.79 bits per heavy atom. The van der Waals surface area contributed by atoms with Crippen molar-refractivity contribution in [2.75, 3.05) is 0 Å². The van der Waals surface area contributed by atoms with E-state index in [0.717, 1.165) is 10.3 Å². The first kappa shape index (κ1) is 16.7. The smallest absolute Gasteiger partial charge is 0.423 e. The summed E-state index contributed by atoms with van der Waals surface area (Å²) < 4.78 is 5.67. The van der Waals surface area contributed by atoms with Crippen molar-refractivity contribution < 1.29 is 14.8 Å². The molecule has 1 aromatic heterocycles. The Morgan fingerprint density at radius 1 is 1.26 bits per heavy atom. The molecule has 2 N–H and O–H groups in total. The molecule has 0 saturated heterocycles. The minimum Gasteiger partial charge on any atom is -0.423 e. The van der Waals surface area contributed by atoms with Gasteiger partial charge in [-0.05, 0) is 52.1 Å². The molecule has 3 nitrogen and oxygen atoms in total. The molecule has 0 saturated carbocycles. The van der Waals surface area contributed by atoms with Crippen LogP contribution in [0.1, 0.15) is 57.2 Å². The van der Waals surface area contributed by atoms with Gasteiger partial charge >= 0.3 is 7.12 Å². The van der Waals surface area contributed by atoms with Gasteiger partial charge in [-0.2, -0.15) is 0 Å². The number of hydrogen-bond acceptors (Lipinski definition) is 4. The van der Waals surface area contributed by atoms with E-state index in [4.69, 9.17) is 4.65 Å². The molecule has 0 unspecified atom stereocenters. The summed E-state index contributed by atoms with van der Waals surface area (Å²) in [4.78, 5) is 2.29. The fraction of sp³-hybridized carbons (Fsp3) is 0.714. The van der Waals surface area contributed by atoms with Gasteiger partial charge in [-0.3, -0.25) is 0 Å². The lowest BCUT2D eigenvalue weighted by Crippen LogP contribution is -2.53. The highest BCUT2D eigenvalue weighted by atomic mass is 32.1. The standard InChI is InChI=1S/C14H25BO3S/c1-9(2)12-8-11(10(3)19-12)15(17)18-14(6,7)13(4,5)16/h8-9,16-17H,1-7H3. The highest BCUT2D eigenvalue weighted by Gasteiger charge is 2.40. The average Bonchev–Trinajstić information content (AvgIpc) is 2.57. The SMILES string of the molecule is Cc1sc(C(C)C)cc1B(O)OC(C)(C)C(C)(C)O. The predicted molar refractivity (Wildman–Crippen MR) is 82.2 cm³/mol. The summed E-state index contributed by atoms with van der Waals surface area (Å²) in [6.45, 7) is 13.2. The van der Waals surface area contributed by atoms with Crippen LogP contribution in [0.15, 0.2) is 6.07 Å². The van der Waals surface area contributed by atoms with Crippen LogP contribution < -0.4 is 5.46 Å². The van der Waals surface area contributed by atoms with Crippen LogP contribution in [0, 0.1) is 6.92 Å². The molecule has 108 valence electrons. The van der Waals surface area contributed by atoms with Gasteiger partial charge in [-0.15, -0.1) is 11.3 Å². The Labute approximate surface area is 120 Å². The summed E-state index contributed by atoms with van der Waals surface area (Å²) in [5, 5.41) is 20.3. The molecule has 0 aliphatic carbocycles. The molecular weight excluding hydrogens is 259 g/mol. The van der Waals surface area contributed by atoms with Gasteiger partial charge < -0.3 is 14.8 Å². The molecule has 0 spiro atoms. The van der Waals surface area contributed by atoms with E-state index < -0.39 is 18.3 Å². The van der Waals surface area contributed by atoms with Crippen molar-refractivity contribution in [2.45, 2.75) is 65.6 Å². The van der Waals surface area contributed by atoms with E-state index in [2.05, 4.69) is 13.8 Å². The second-order valence-electron chi connectivity index (χ2n) is 6.35. The van der Waals surface area contributed by atoms with Gasteiger partial charge in [0.2, 0.25) is 0 Å². The van der Waals surface area contributed by atoms with Crippen LogP contribution in [0.5, 0.6) is 0 Å². The van der Waals surface area contributed by atoms with Gasteiger partial charge in [0, 0.05) is 9.75 Å². The zero-order valence-corrected chi connectivity index (χ0v) is 13.8. The molecule has 0 aromatic carbocycles. The summed E-state index contributed by atoms with van der Waals surface area (Å²) >= 11 is 1.68. The van der Waals surface area contributed by atoms with E-state index in [1.165, 1.54) is 4.88 Å². The predicted octanol–water partition coefficient (Wildman–Crippen LogP) is 2.43. The molecule has 1 aromatic rings. The van der Waals surface area contributed by atoms with Crippen molar-refractivity contribution in [2.24, 2.45) is 0 Å². The van der Waals surface area contributed by atoms with Crippen molar-refractivity contribution in [1.82, 2.24) is 0 Å². The summed E-state index contributed by atoms with van der Waals surface area (Å²) in [7, 11) is -1.01. The van der Waals surface area contributed by atoms with Crippen LogP contribution in [-0.4, -0.2) is 28.5 Å². The van der Waals surface area contributed by atoms with Gasteiger partial charge in [0.15, 0.2) is 0 Å². The minimum absolute atomic E-state index is 0.437. The molecule has 0 aliphatic rings. The van der Waals surface area contributed by atoms with Crippen molar-refractivity contribution in [3.8, 4) is 0 Å². The first-order valence-corrected chi connectivity index (χ1v) is 7.46. The van der Waals surface area contributed by atoms with Crippen LogP contribution >= 0.6 is 11.3 Å². The number of hydrogen-bond donors (Lipinski definition) is 2. The van der Waals surface area contributed by atoms with Crippen molar-refractivity contribution in [3.05, 3.63) is 15.8 Å². The van der Waals surface area contributed by atoms with Crippen LogP contribution in [0.25, 0.3) is 0 Å². The lowest BCUT2D eigenvalue weighted by Gasteiger charge is -2.38. The number of rotatable bonds is 5. The lowest BCUT2D eigenvalue weighted by atomic mass is 9.76. The van der Waals surface area contributed by atoms with E-state index in [1.54, 1.807) is 39.0 Å². The molecule has 5 heteroatoms. The Morgan fingerprint density at radius 3 is 2.16 bits per heavy atom. The summed E-state index contributed by atoms with van der Waals surface area (Å²) in [6, 6.07) is 2.00. The van der Waals surface area contributed by atoms with E-state index in [0.29, 0.717) is 5.92 Å². The highest BCUT2D eigenvalue weighted by molar-refractivity contribution is 7.13. The van der Waals surface area contributed by atoms with E-state index in [9.17, 15) is 10.1 Å². The second-order valence-corrected chi connectivity index (χ2v) is 7.64. The third-order valence-corrected chi connectivity index (χ3v) is 5.06. The van der Waals surface area contributed by atoms with Crippen molar-refractivity contribution in [3.63, 3.8) is 0 Å². The van der Waals surface area contributed by atoms with E-state index in [1.807, 2.05) is 13.0 Å². The number of aryl methyl sites for hydroxylation is 1. The van der Waals surface area contributed by atoms with Crippen LogP contribution in [-0.2, 0) is 4.65 Å². The van der Waals surface area contributed by atoms with Gasteiger partial charge in [0.05, 0.1) is 11.2 Å². The van der Waals surface area contributed by atoms with E-state index in [-0.39, 0.29) is 0 Å². The molecule has 0 amide bonds. The first-order valence-electron chi connectivity index (χ1n) is 6.64. The summed E-state index contributed by atoms with van der Waals surface area (Å²) in [5.74, 6) is 0.437. The topological polar surface area (TPSA) is 49.7 Å². The molecule has 0 fully saturated rings. The maximum Gasteiger partial charge on any atom is 0.492 e. The van der Waals surface area contributed by atoms with Gasteiger partial charge in [-0.25, -0.2) is 0 Å². The molecule has 0 atom stereocenters. The molecule has 1 heterocycles. The van der Waals surface area contributed by atoms with Crippen molar-refractivity contribution in [1.29, 1.82) is 0 Å². The Hall–Kier alpha value is -0.355.